The van der Waals surface area contributed by atoms with Crippen LogP contribution in [0.25, 0.3) is 0 Å². The van der Waals surface area contributed by atoms with E-state index in [1.807, 2.05) is 102 Å². The van der Waals surface area contributed by atoms with Gasteiger partial charge in [-0.05, 0) is 87.8 Å². The van der Waals surface area contributed by atoms with Crippen LogP contribution in [-0.2, 0) is 22.2 Å². The number of benzene rings is 2. The number of carbonyl (C=O) groups excluding carboxylic acids is 3. The number of allylic oxidation sites excluding steroid dienone is 1. The van der Waals surface area contributed by atoms with Gasteiger partial charge in [-0.3, -0.25) is 14.5 Å². The molecule has 0 saturated carbocycles. The molecule has 0 unspecified atom stereocenters. The van der Waals surface area contributed by atoms with E-state index in [1.54, 1.807) is 32.9 Å². The number of fused-ring (bicyclic) bond motifs is 4. The van der Waals surface area contributed by atoms with Gasteiger partial charge in [0.05, 0.1) is 11.6 Å². The summed E-state index contributed by atoms with van der Waals surface area (Å²) in [6, 6.07) is 12.1. The van der Waals surface area contributed by atoms with Crippen molar-refractivity contribution >= 4 is 31.7 Å². The van der Waals surface area contributed by atoms with Gasteiger partial charge in [-0.2, -0.15) is 0 Å². The maximum atomic E-state index is 15.6. The molecule has 0 saturated heterocycles. The van der Waals surface area contributed by atoms with E-state index < -0.39 is 65.9 Å². The predicted octanol–water partition coefficient (Wildman–Crippen LogP) is 8.25. The monoisotopic (exact) mass is 771 g/mol. The van der Waals surface area contributed by atoms with E-state index in [0.717, 1.165) is 11.3 Å². The first-order valence-corrected chi connectivity index (χ1v) is 21.4. The lowest BCUT2D eigenvalue weighted by atomic mass is 9.56. The Balaban J connectivity index is 1.61. The lowest BCUT2D eigenvalue weighted by molar-refractivity contribution is -0.0283. The number of ketones is 2. The van der Waals surface area contributed by atoms with Crippen LogP contribution in [0.2, 0.25) is 18.1 Å². The maximum absolute atomic E-state index is 15.6. The molecule has 0 spiro atoms. The summed E-state index contributed by atoms with van der Waals surface area (Å²) in [6.45, 7) is 20.0. The summed E-state index contributed by atoms with van der Waals surface area (Å²) < 4.78 is 30.6. The summed E-state index contributed by atoms with van der Waals surface area (Å²) in [5, 5.41) is 16.8. The van der Waals surface area contributed by atoms with Gasteiger partial charge in [-0.25, -0.2) is 4.79 Å². The number of nitrogens with zero attached hydrogens (tertiary/aromatic N) is 3. The highest BCUT2D eigenvalue weighted by Gasteiger charge is 2.68. The average Bonchev–Trinajstić information content (AvgIpc) is 3.49. The fourth-order valence-electron chi connectivity index (χ4n) is 7.73. The summed E-state index contributed by atoms with van der Waals surface area (Å²) in [7, 11) is 4.44. The molecule has 294 valence electrons. The first-order valence-electron chi connectivity index (χ1n) is 18.5. The third kappa shape index (κ3) is 6.69. The van der Waals surface area contributed by atoms with E-state index in [-0.39, 0.29) is 47.1 Å². The Hall–Kier alpha value is -4.72. The van der Waals surface area contributed by atoms with Crippen molar-refractivity contribution in [2.45, 2.75) is 89.9 Å². The molecule has 3 aliphatic rings. The van der Waals surface area contributed by atoms with E-state index in [4.69, 9.17) is 23.2 Å². The molecule has 2 aromatic carbocycles. The van der Waals surface area contributed by atoms with Gasteiger partial charge in [0, 0.05) is 37.2 Å². The van der Waals surface area contributed by atoms with Crippen molar-refractivity contribution in [2.75, 3.05) is 33.1 Å². The van der Waals surface area contributed by atoms with E-state index in [0.29, 0.717) is 11.1 Å². The number of aliphatic hydroxyl groups is 1. The number of hydrogen-bond acceptors (Lipinski definition) is 12. The largest absolute Gasteiger partial charge is 0.514 e. The van der Waals surface area contributed by atoms with Gasteiger partial charge < -0.3 is 33.2 Å². The second-order valence-electron chi connectivity index (χ2n) is 17.6. The van der Waals surface area contributed by atoms with Gasteiger partial charge in [-0.1, -0.05) is 63.3 Å². The molecule has 1 heterocycles. The van der Waals surface area contributed by atoms with E-state index in [1.165, 1.54) is 0 Å². The number of aromatic nitrogens is 1. The van der Waals surface area contributed by atoms with Crippen molar-refractivity contribution in [1.82, 2.24) is 10.1 Å². The summed E-state index contributed by atoms with van der Waals surface area (Å²) in [5.74, 6) is -3.16. The Morgan fingerprint density at radius 1 is 1.02 bits per heavy atom. The SMILES string of the molecule is C=C1[C@@H]2Cc3c(N(C)C)ccc(OC(=O)OC(C)(C)C)c3C(=O)C2=C(O)[C@]2(O[Si](C)(C)C(C)(C)C)C(=O)c3c(OCc4ccccc4)noc3[C@@H](N(C)C)[C@H]12. The number of anilines is 1. The lowest BCUT2D eigenvalue weighted by Gasteiger charge is -2.56. The molecular formula is C42H53N3O9Si. The minimum Gasteiger partial charge on any atom is -0.508 e. The molecule has 4 atom stereocenters. The molecular weight excluding hydrogens is 719 g/mol. The van der Waals surface area contributed by atoms with Crippen LogP contribution >= 0.6 is 0 Å². The van der Waals surface area contributed by atoms with Gasteiger partial charge in [-0.15, -0.1) is 0 Å². The van der Waals surface area contributed by atoms with Crippen molar-refractivity contribution in [3.05, 3.63) is 94.0 Å². The van der Waals surface area contributed by atoms with Gasteiger partial charge in [0.2, 0.25) is 5.78 Å². The third-order valence-corrected chi connectivity index (χ3v) is 15.7. The van der Waals surface area contributed by atoms with Crippen molar-refractivity contribution < 1.29 is 42.6 Å². The van der Waals surface area contributed by atoms with Crippen LogP contribution in [0.3, 0.4) is 0 Å². The van der Waals surface area contributed by atoms with Crippen LogP contribution in [0.5, 0.6) is 11.6 Å². The van der Waals surface area contributed by atoms with Crippen LogP contribution < -0.4 is 14.4 Å². The zero-order valence-electron chi connectivity index (χ0n) is 33.9. The van der Waals surface area contributed by atoms with Crippen LogP contribution in [0.4, 0.5) is 10.5 Å². The Morgan fingerprint density at radius 3 is 2.25 bits per heavy atom. The zero-order valence-corrected chi connectivity index (χ0v) is 34.9. The summed E-state index contributed by atoms with van der Waals surface area (Å²) in [4.78, 5) is 47.5. The molecule has 55 heavy (non-hydrogen) atoms. The Bertz CT molecular complexity index is 2090. The smallest absolute Gasteiger partial charge is 0.508 e. The molecule has 12 nitrogen and oxygen atoms in total. The number of Topliss-reactive ketones (excluding diaryl/α,β-unsaturated/α-hetero) is 2. The highest BCUT2D eigenvalue weighted by atomic mass is 28.4. The van der Waals surface area contributed by atoms with Gasteiger partial charge in [0.15, 0.2) is 25.5 Å². The summed E-state index contributed by atoms with van der Waals surface area (Å²) >= 11 is 0. The number of rotatable bonds is 8. The molecule has 1 N–H and O–H groups in total. The number of ether oxygens (including phenoxy) is 3. The summed E-state index contributed by atoms with van der Waals surface area (Å²) in [6.07, 6.45) is -0.765. The molecule has 0 bridgehead atoms. The van der Waals surface area contributed by atoms with Gasteiger partial charge >= 0.3 is 6.16 Å². The Kier molecular flexibility index (Phi) is 10.0. The van der Waals surface area contributed by atoms with Crippen molar-refractivity contribution in [2.24, 2.45) is 11.8 Å². The van der Waals surface area contributed by atoms with Crippen molar-refractivity contribution in [1.29, 1.82) is 0 Å². The predicted molar refractivity (Wildman–Crippen MR) is 210 cm³/mol. The van der Waals surface area contributed by atoms with Crippen molar-refractivity contribution in [3.8, 4) is 11.6 Å². The topological polar surface area (TPSA) is 141 Å². The minimum absolute atomic E-state index is 0.0234. The Morgan fingerprint density at radius 2 is 1.67 bits per heavy atom. The number of aliphatic hydroxyl groups excluding tert-OH is 1. The van der Waals surface area contributed by atoms with Crippen LogP contribution in [0.15, 0.2) is 70.5 Å². The zero-order chi connectivity index (χ0) is 40.6. The number of hydrogen-bond donors (Lipinski definition) is 1. The third-order valence-electron chi connectivity index (χ3n) is 11.3. The normalized spacial score (nSPS) is 22.5. The second kappa shape index (κ2) is 13.8. The van der Waals surface area contributed by atoms with Crippen LogP contribution in [0, 0.1) is 11.8 Å². The van der Waals surface area contributed by atoms with Crippen LogP contribution in [0.1, 0.15) is 85.2 Å². The first-order chi connectivity index (χ1) is 25.5. The van der Waals surface area contributed by atoms with E-state index in [2.05, 4.69) is 11.7 Å². The highest BCUT2D eigenvalue weighted by molar-refractivity contribution is 6.74. The van der Waals surface area contributed by atoms with Crippen LogP contribution in [-0.4, -0.2) is 80.6 Å². The van der Waals surface area contributed by atoms with Gasteiger partial charge in [0.25, 0.3) is 5.88 Å². The van der Waals surface area contributed by atoms with Gasteiger partial charge in [0.1, 0.15) is 29.3 Å². The standard InChI is InChI=1S/C42H53N3O9Si/c1-23-25-21-26-27(44(8)9)19-20-28(51-39(49)52-40(2,3)4)29(26)34(46)30(25)36(47)42(54-55(12,13)41(5,6)7)32(23)33(45(10)11)35-31(37(42)48)38(43-53-35)50-22-24-17-15-14-16-18-24/h14-20,25,32-33,47H,1,21-22H2,2-13H3/t25-,32-,33-,42-/m0/s1. The molecule has 0 fully saturated rings. The molecule has 3 aromatic rings. The average molecular weight is 772 g/mol. The fraction of sp³-hybridized carbons (Fsp3) is 0.476. The molecule has 0 amide bonds. The molecule has 1 aromatic heterocycles. The molecule has 0 aliphatic heterocycles. The summed E-state index contributed by atoms with van der Waals surface area (Å²) in [5.41, 5.74) is -0.158. The molecule has 3 aliphatic carbocycles. The maximum Gasteiger partial charge on any atom is 0.514 e. The highest BCUT2D eigenvalue weighted by Crippen LogP contribution is 2.61. The second-order valence-corrected chi connectivity index (χ2v) is 22.4. The quantitative estimate of drug-likeness (QED) is 0.102. The lowest BCUT2D eigenvalue weighted by Crippen LogP contribution is -2.65. The Labute approximate surface area is 324 Å². The molecule has 6 rings (SSSR count). The number of carbonyl (C=O) groups is 3. The van der Waals surface area contributed by atoms with Crippen molar-refractivity contribution in [3.63, 3.8) is 0 Å². The first kappa shape index (κ1) is 40.0. The van der Waals surface area contributed by atoms with E-state index >= 15 is 9.59 Å². The molecule has 13 heteroatoms. The minimum atomic E-state index is -2.98. The fourth-order valence-corrected chi connectivity index (χ4v) is 9.16. The van der Waals surface area contributed by atoms with E-state index in [9.17, 15) is 9.90 Å². The molecule has 0 radical (unpaired) electrons.